The maximum atomic E-state index is 2.38. The zero-order chi connectivity index (χ0) is 31.2. The number of hydrogen-bond donors (Lipinski definition) is 0. The second kappa shape index (κ2) is 11.3. The van der Waals surface area contributed by atoms with Gasteiger partial charge in [-0.05, 0) is 102 Å². The Hall–Kier alpha value is -6.18. The Labute approximate surface area is 274 Å². The lowest BCUT2D eigenvalue weighted by Gasteiger charge is -2.26. The van der Waals surface area contributed by atoms with Crippen LogP contribution in [0.1, 0.15) is 0 Å². The van der Waals surface area contributed by atoms with Crippen molar-refractivity contribution in [2.24, 2.45) is 0 Å². The topological polar surface area (TPSA) is 3.24 Å². The zero-order valence-corrected chi connectivity index (χ0v) is 25.8. The molecule has 1 nitrogen and oxygen atoms in total. The molecule has 9 aromatic carbocycles. The van der Waals surface area contributed by atoms with E-state index in [4.69, 9.17) is 0 Å². The largest absolute Gasteiger partial charge is 0.310 e. The number of anilines is 3. The minimum absolute atomic E-state index is 1.12. The van der Waals surface area contributed by atoms with Crippen molar-refractivity contribution in [3.05, 3.63) is 188 Å². The quantitative estimate of drug-likeness (QED) is 0.178. The molecule has 0 bridgehead atoms. The average Bonchev–Trinajstić information content (AvgIpc) is 3.15. The number of nitrogens with zero attached hydrogens (tertiary/aromatic N) is 1. The molecule has 0 N–H and O–H groups in total. The molecule has 9 rings (SSSR count). The van der Waals surface area contributed by atoms with Crippen LogP contribution in [0.4, 0.5) is 17.1 Å². The lowest BCUT2D eigenvalue weighted by atomic mass is 9.97. The Bertz CT molecular complexity index is 2430. The molecule has 0 aromatic heterocycles. The first kappa shape index (κ1) is 27.2. The van der Waals surface area contributed by atoms with E-state index in [1.807, 2.05) is 0 Å². The molecule has 0 unspecified atom stereocenters. The maximum Gasteiger partial charge on any atom is 0.0468 e. The molecular weight excluding hydrogens is 567 g/mol. The molecule has 0 spiro atoms. The second-order valence-corrected chi connectivity index (χ2v) is 12.2. The van der Waals surface area contributed by atoms with Crippen LogP contribution in [0.5, 0.6) is 0 Å². The van der Waals surface area contributed by atoms with Crippen molar-refractivity contribution in [1.29, 1.82) is 0 Å². The van der Waals surface area contributed by atoms with Crippen molar-refractivity contribution in [1.82, 2.24) is 0 Å². The van der Waals surface area contributed by atoms with Gasteiger partial charge in [0.15, 0.2) is 0 Å². The zero-order valence-electron chi connectivity index (χ0n) is 25.8. The molecule has 0 atom stereocenters. The van der Waals surface area contributed by atoms with Gasteiger partial charge in [0.05, 0.1) is 0 Å². The van der Waals surface area contributed by atoms with Crippen LogP contribution in [0, 0.1) is 0 Å². The van der Waals surface area contributed by atoms with Crippen LogP contribution in [-0.4, -0.2) is 0 Å². The average molecular weight is 598 g/mol. The van der Waals surface area contributed by atoms with Crippen LogP contribution in [0.15, 0.2) is 188 Å². The van der Waals surface area contributed by atoms with Crippen LogP contribution < -0.4 is 4.90 Å². The Morgan fingerprint density at radius 1 is 0.255 bits per heavy atom. The molecule has 1 heteroatoms. The Balaban J connectivity index is 1.18. The molecule has 0 saturated carbocycles. The fourth-order valence-electron chi connectivity index (χ4n) is 7.11. The number of fused-ring (bicyclic) bond motifs is 5. The molecule has 220 valence electrons. The van der Waals surface area contributed by atoms with Gasteiger partial charge in [-0.25, -0.2) is 0 Å². The third-order valence-corrected chi connectivity index (χ3v) is 9.44. The molecule has 0 radical (unpaired) electrons. The Morgan fingerprint density at radius 3 is 1.17 bits per heavy atom. The van der Waals surface area contributed by atoms with Gasteiger partial charge in [0.25, 0.3) is 0 Å². The first-order valence-corrected chi connectivity index (χ1v) is 16.2. The summed E-state index contributed by atoms with van der Waals surface area (Å²) in [5, 5.41) is 10.1. The smallest absolute Gasteiger partial charge is 0.0468 e. The highest BCUT2D eigenvalue weighted by Crippen LogP contribution is 2.40. The molecular formula is C46H31N. The molecule has 0 heterocycles. The van der Waals surface area contributed by atoms with Crippen molar-refractivity contribution in [2.45, 2.75) is 0 Å². The van der Waals surface area contributed by atoms with Crippen molar-refractivity contribution in [2.75, 3.05) is 4.90 Å². The summed E-state index contributed by atoms with van der Waals surface area (Å²) in [6.45, 7) is 0. The monoisotopic (exact) mass is 597 g/mol. The molecule has 47 heavy (non-hydrogen) atoms. The predicted molar refractivity (Wildman–Crippen MR) is 202 cm³/mol. The van der Waals surface area contributed by atoms with Crippen molar-refractivity contribution >= 4 is 60.2 Å². The predicted octanol–water partition coefficient (Wildman–Crippen LogP) is 13.1. The van der Waals surface area contributed by atoms with Crippen LogP contribution in [0.25, 0.3) is 65.3 Å². The van der Waals surface area contributed by atoms with E-state index in [0.29, 0.717) is 0 Å². The summed E-state index contributed by atoms with van der Waals surface area (Å²) in [6.07, 6.45) is 0. The molecule has 0 aliphatic rings. The summed E-state index contributed by atoms with van der Waals surface area (Å²) in [7, 11) is 0. The lowest BCUT2D eigenvalue weighted by Crippen LogP contribution is -2.10. The van der Waals surface area contributed by atoms with Gasteiger partial charge in [-0.2, -0.15) is 0 Å². The molecule has 0 aliphatic carbocycles. The van der Waals surface area contributed by atoms with Crippen molar-refractivity contribution in [3.63, 3.8) is 0 Å². The van der Waals surface area contributed by atoms with Crippen LogP contribution >= 0.6 is 0 Å². The third kappa shape index (κ3) is 4.81. The fourth-order valence-corrected chi connectivity index (χ4v) is 7.11. The molecule has 0 amide bonds. The number of benzene rings is 9. The Morgan fingerprint density at radius 2 is 0.638 bits per heavy atom. The first-order valence-electron chi connectivity index (χ1n) is 16.2. The van der Waals surface area contributed by atoms with Gasteiger partial charge in [-0.15, -0.1) is 0 Å². The highest BCUT2D eigenvalue weighted by Gasteiger charge is 2.15. The van der Waals surface area contributed by atoms with Gasteiger partial charge in [-0.1, -0.05) is 152 Å². The fraction of sp³-hybridized carbons (Fsp3) is 0. The summed E-state index contributed by atoms with van der Waals surface area (Å²) in [6, 6.07) is 68.3. The number of rotatable bonds is 5. The van der Waals surface area contributed by atoms with E-state index in [0.717, 1.165) is 17.1 Å². The SMILES string of the molecule is c1ccc2c(-c3ccc(N(c4ccc(-c5cccc6ccccc56)cc4)c4ccc5ccc6ccccc6c5c4)cc3)cccc2c1. The minimum Gasteiger partial charge on any atom is -0.310 e. The van der Waals surface area contributed by atoms with Crippen LogP contribution in [0.2, 0.25) is 0 Å². The van der Waals surface area contributed by atoms with Crippen molar-refractivity contribution < 1.29 is 0 Å². The van der Waals surface area contributed by atoms with Gasteiger partial charge in [-0.3, -0.25) is 0 Å². The van der Waals surface area contributed by atoms with Gasteiger partial charge < -0.3 is 4.90 Å². The lowest BCUT2D eigenvalue weighted by molar-refractivity contribution is 1.29. The standard InChI is InChI=1S/C46H31N/c1-4-14-41-32(9-1)12-7-17-43(41)35-21-26-38(27-22-35)47(40-30-25-37-20-19-34-11-3-6-16-45(34)46(37)31-40)39-28-23-36(24-29-39)44-18-8-13-33-10-2-5-15-42(33)44/h1-31H. The summed E-state index contributed by atoms with van der Waals surface area (Å²) >= 11 is 0. The third-order valence-electron chi connectivity index (χ3n) is 9.44. The van der Waals surface area contributed by atoms with E-state index in [9.17, 15) is 0 Å². The summed E-state index contributed by atoms with van der Waals surface area (Å²) in [5.41, 5.74) is 8.28. The van der Waals surface area contributed by atoms with Gasteiger partial charge >= 0.3 is 0 Å². The van der Waals surface area contributed by atoms with E-state index in [1.165, 1.54) is 65.3 Å². The molecule has 0 aliphatic heterocycles. The highest BCUT2D eigenvalue weighted by atomic mass is 15.1. The summed E-state index contributed by atoms with van der Waals surface area (Å²) in [4.78, 5) is 2.38. The van der Waals surface area contributed by atoms with Gasteiger partial charge in [0.1, 0.15) is 0 Å². The van der Waals surface area contributed by atoms with Crippen LogP contribution in [-0.2, 0) is 0 Å². The Kier molecular flexibility index (Phi) is 6.54. The normalized spacial score (nSPS) is 11.4. The van der Waals surface area contributed by atoms with E-state index in [1.54, 1.807) is 0 Å². The first-order chi connectivity index (χ1) is 23.3. The summed E-state index contributed by atoms with van der Waals surface area (Å²) in [5.74, 6) is 0. The second-order valence-electron chi connectivity index (χ2n) is 12.2. The van der Waals surface area contributed by atoms with E-state index in [2.05, 4.69) is 193 Å². The highest BCUT2D eigenvalue weighted by molar-refractivity contribution is 6.09. The number of hydrogen-bond acceptors (Lipinski definition) is 1. The van der Waals surface area contributed by atoms with E-state index in [-0.39, 0.29) is 0 Å². The van der Waals surface area contributed by atoms with E-state index < -0.39 is 0 Å². The summed E-state index contributed by atoms with van der Waals surface area (Å²) < 4.78 is 0. The molecule has 9 aromatic rings. The van der Waals surface area contributed by atoms with Gasteiger partial charge in [0.2, 0.25) is 0 Å². The molecule has 0 fully saturated rings. The van der Waals surface area contributed by atoms with E-state index >= 15 is 0 Å². The van der Waals surface area contributed by atoms with Crippen molar-refractivity contribution in [3.8, 4) is 22.3 Å². The minimum atomic E-state index is 1.12. The van der Waals surface area contributed by atoms with Gasteiger partial charge in [0, 0.05) is 17.1 Å². The molecule has 0 saturated heterocycles. The van der Waals surface area contributed by atoms with Crippen LogP contribution in [0.3, 0.4) is 0 Å². The maximum absolute atomic E-state index is 2.38.